The highest BCUT2D eigenvalue weighted by Crippen LogP contribution is 2.13. The normalized spacial score (nSPS) is 10.6. The standard InChI is InChI=1S/C19H36O3/c1-3-4-5-6-7-8-9-10-11-12-13-14-15-16-18(20)17-19(21)22-2/h3-17H2,1-2H3. The molecule has 0 rings (SSSR count). The van der Waals surface area contributed by atoms with Crippen molar-refractivity contribution in [2.24, 2.45) is 0 Å². The van der Waals surface area contributed by atoms with E-state index in [1.54, 1.807) is 0 Å². The van der Waals surface area contributed by atoms with Crippen LogP contribution in [0.1, 0.15) is 103 Å². The molecule has 0 aromatic rings. The molecule has 0 heterocycles. The fourth-order valence-electron chi connectivity index (χ4n) is 2.66. The van der Waals surface area contributed by atoms with Crippen LogP contribution in [0.3, 0.4) is 0 Å². The number of rotatable bonds is 16. The Morgan fingerprint density at radius 2 is 1.09 bits per heavy atom. The summed E-state index contributed by atoms with van der Waals surface area (Å²) in [6, 6.07) is 0. The molecule has 0 fully saturated rings. The van der Waals surface area contributed by atoms with Crippen LogP contribution in [0.25, 0.3) is 0 Å². The molecule has 0 spiro atoms. The third-order valence-electron chi connectivity index (χ3n) is 4.13. The van der Waals surface area contributed by atoms with Crippen LogP contribution in [0, 0.1) is 0 Å². The minimum Gasteiger partial charge on any atom is -0.469 e. The van der Waals surface area contributed by atoms with Crippen molar-refractivity contribution in [3.8, 4) is 0 Å². The molecule has 0 saturated heterocycles. The molecule has 0 amide bonds. The van der Waals surface area contributed by atoms with Gasteiger partial charge in [0.25, 0.3) is 0 Å². The quantitative estimate of drug-likeness (QED) is 0.212. The van der Waals surface area contributed by atoms with Crippen molar-refractivity contribution in [3.05, 3.63) is 0 Å². The summed E-state index contributed by atoms with van der Waals surface area (Å²) >= 11 is 0. The average Bonchev–Trinajstić information content (AvgIpc) is 2.51. The maximum atomic E-state index is 11.4. The van der Waals surface area contributed by atoms with Crippen molar-refractivity contribution >= 4 is 11.8 Å². The maximum absolute atomic E-state index is 11.4. The molecule has 0 N–H and O–H groups in total. The van der Waals surface area contributed by atoms with E-state index in [4.69, 9.17) is 0 Å². The Kier molecular flexibility index (Phi) is 15.9. The highest BCUT2D eigenvalue weighted by molar-refractivity contribution is 5.95. The lowest BCUT2D eigenvalue weighted by atomic mass is 10.0. The first-order valence-corrected chi connectivity index (χ1v) is 9.29. The number of carbonyl (C=O) groups excluding carboxylic acids is 2. The van der Waals surface area contributed by atoms with Crippen LogP contribution in [0.2, 0.25) is 0 Å². The van der Waals surface area contributed by atoms with E-state index in [1.165, 1.54) is 77.7 Å². The van der Waals surface area contributed by atoms with E-state index >= 15 is 0 Å². The van der Waals surface area contributed by atoms with Crippen molar-refractivity contribution in [1.29, 1.82) is 0 Å². The molecule has 0 aliphatic rings. The van der Waals surface area contributed by atoms with Crippen molar-refractivity contribution in [2.45, 2.75) is 103 Å². The Morgan fingerprint density at radius 1 is 0.682 bits per heavy atom. The highest BCUT2D eigenvalue weighted by atomic mass is 16.5. The predicted octanol–water partition coefficient (Wildman–Crippen LogP) is 5.60. The van der Waals surface area contributed by atoms with Crippen LogP contribution in [0.15, 0.2) is 0 Å². The van der Waals surface area contributed by atoms with E-state index in [0.29, 0.717) is 6.42 Å². The second-order valence-corrected chi connectivity index (χ2v) is 6.28. The van der Waals surface area contributed by atoms with Crippen molar-refractivity contribution in [3.63, 3.8) is 0 Å². The molecule has 0 aliphatic carbocycles. The molecule has 130 valence electrons. The van der Waals surface area contributed by atoms with Gasteiger partial charge in [0, 0.05) is 6.42 Å². The fraction of sp³-hybridized carbons (Fsp3) is 0.895. The number of ether oxygens (including phenoxy) is 1. The Labute approximate surface area is 137 Å². The van der Waals surface area contributed by atoms with E-state index in [-0.39, 0.29) is 12.2 Å². The Morgan fingerprint density at radius 3 is 1.50 bits per heavy atom. The van der Waals surface area contributed by atoms with Gasteiger partial charge in [0.05, 0.1) is 7.11 Å². The van der Waals surface area contributed by atoms with Gasteiger partial charge in [0.1, 0.15) is 12.2 Å². The summed E-state index contributed by atoms with van der Waals surface area (Å²) in [5, 5.41) is 0. The summed E-state index contributed by atoms with van der Waals surface area (Å²) in [6.07, 6.45) is 17.4. The van der Waals surface area contributed by atoms with Crippen LogP contribution in [-0.2, 0) is 14.3 Å². The zero-order valence-electron chi connectivity index (χ0n) is 14.8. The zero-order valence-corrected chi connectivity index (χ0v) is 14.8. The molecule has 0 aromatic carbocycles. The van der Waals surface area contributed by atoms with Crippen LogP contribution < -0.4 is 0 Å². The molecule has 0 aliphatic heterocycles. The minimum atomic E-state index is -0.417. The molecule has 0 atom stereocenters. The Bertz CT molecular complexity index is 274. The average molecular weight is 312 g/mol. The van der Waals surface area contributed by atoms with E-state index in [0.717, 1.165) is 12.8 Å². The summed E-state index contributed by atoms with van der Waals surface area (Å²) in [5.74, 6) is -0.408. The summed E-state index contributed by atoms with van der Waals surface area (Å²) in [7, 11) is 1.32. The molecule has 3 heteroatoms. The monoisotopic (exact) mass is 312 g/mol. The van der Waals surface area contributed by atoms with E-state index < -0.39 is 5.97 Å². The second-order valence-electron chi connectivity index (χ2n) is 6.28. The van der Waals surface area contributed by atoms with Gasteiger partial charge in [-0.05, 0) is 6.42 Å². The number of ketones is 1. The third kappa shape index (κ3) is 15.5. The third-order valence-corrected chi connectivity index (χ3v) is 4.13. The van der Waals surface area contributed by atoms with Crippen LogP contribution >= 0.6 is 0 Å². The summed E-state index contributed by atoms with van der Waals surface area (Å²) in [6.45, 7) is 2.26. The number of unbranched alkanes of at least 4 members (excludes halogenated alkanes) is 12. The fourth-order valence-corrected chi connectivity index (χ4v) is 2.66. The molecule has 0 unspecified atom stereocenters. The lowest BCUT2D eigenvalue weighted by Crippen LogP contribution is -2.08. The first kappa shape index (κ1) is 21.1. The van der Waals surface area contributed by atoms with Gasteiger partial charge in [0.2, 0.25) is 0 Å². The van der Waals surface area contributed by atoms with Crippen LogP contribution in [-0.4, -0.2) is 18.9 Å². The van der Waals surface area contributed by atoms with Gasteiger partial charge in [0.15, 0.2) is 0 Å². The zero-order chi connectivity index (χ0) is 16.5. The van der Waals surface area contributed by atoms with Gasteiger partial charge in [-0.25, -0.2) is 0 Å². The molecular formula is C19H36O3. The van der Waals surface area contributed by atoms with Crippen molar-refractivity contribution in [1.82, 2.24) is 0 Å². The van der Waals surface area contributed by atoms with E-state index in [1.807, 2.05) is 0 Å². The SMILES string of the molecule is CCCCCCCCCCCCCCCC(=O)CC(=O)OC. The van der Waals surface area contributed by atoms with Gasteiger partial charge in [-0.2, -0.15) is 0 Å². The molecular weight excluding hydrogens is 276 g/mol. The van der Waals surface area contributed by atoms with Crippen molar-refractivity contribution < 1.29 is 14.3 Å². The maximum Gasteiger partial charge on any atom is 0.313 e. The lowest BCUT2D eigenvalue weighted by Gasteiger charge is -2.03. The van der Waals surface area contributed by atoms with Crippen LogP contribution in [0.5, 0.6) is 0 Å². The topological polar surface area (TPSA) is 43.4 Å². The summed E-state index contributed by atoms with van der Waals surface area (Å²) < 4.78 is 4.48. The Hall–Kier alpha value is -0.860. The smallest absolute Gasteiger partial charge is 0.313 e. The number of hydrogen-bond acceptors (Lipinski definition) is 3. The van der Waals surface area contributed by atoms with Crippen LogP contribution in [0.4, 0.5) is 0 Å². The Balaban J connectivity index is 3.14. The first-order valence-electron chi connectivity index (χ1n) is 9.29. The van der Waals surface area contributed by atoms with Gasteiger partial charge in [-0.15, -0.1) is 0 Å². The first-order chi connectivity index (χ1) is 10.7. The predicted molar refractivity (Wildman–Crippen MR) is 92.0 cm³/mol. The van der Waals surface area contributed by atoms with Gasteiger partial charge < -0.3 is 4.74 Å². The largest absolute Gasteiger partial charge is 0.469 e. The summed E-state index contributed by atoms with van der Waals surface area (Å²) in [4.78, 5) is 22.3. The van der Waals surface area contributed by atoms with Gasteiger partial charge in [-0.1, -0.05) is 84.0 Å². The lowest BCUT2D eigenvalue weighted by molar-refractivity contribution is -0.143. The molecule has 3 nitrogen and oxygen atoms in total. The second kappa shape index (κ2) is 16.5. The molecule has 0 bridgehead atoms. The summed E-state index contributed by atoms with van der Waals surface area (Å²) in [5.41, 5.74) is 0. The molecule has 0 saturated carbocycles. The molecule has 0 radical (unpaired) electrons. The number of methoxy groups -OCH3 is 1. The molecule has 0 aromatic heterocycles. The number of hydrogen-bond donors (Lipinski definition) is 0. The number of carbonyl (C=O) groups is 2. The van der Waals surface area contributed by atoms with E-state index in [2.05, 4.69) is 11.7 Å². The molecule has 22 heavy (non-hydrogen) atoms. The minimum absolute atomic E-state index is 0.00919. The number of Topliss-reactive ketones (excluding diaryl/α,β-unsaturated/α-hetero) is 1. The number of esters is 1. The van der Waals surface area contributed by atoms with E-state index in [9.17, 15) is 9.59 Å². The van der Waals surface area contributed by atoms with Gasteiger partial charge in [-0.3, -0.25) is 9.59 Å². The van der Waals surface area contributed by atoms with Crippen molar-refractivity contribution in [2.75, 3.05) is 7.11 Å². The van der Waals surface area contributed by atoms with Gasteiger partial charge >= 0.3 is 5.97 Å². The highest BCUT2D eigenvalue weighted by Gasteiger charge is 2.08.